The van der Waals surface area contributed by atoms with Crippen molar-refractivity contribution < 1.29 is 4.74 Å². The van der Waals surface area contributed by atoms with Gasteiger partial charge in [-0.2, -0.15) is 11.8 Å². The van der Waals surface area contributed by atoms with E-state index < -0.39 is 0 Å². The summed E-state index contributed by atoms with van der Waals surface area (Å²) >= 11 is 1.96. The van der Waals surface area contributed by atoms with Gasteiger partial charge >= 0.3 is 0 Å². The van der Waals surface area contributed by atoms with Crippen LogP contribution in [0.2, 0.25) is 0 Å². The zero-order valence-corrected chi connectivity index (χ0v) is 12.3. The fourth-order valence-corrected chi connectivity index (χ4v) is 3.84. The second kappa shape index (κ2) is 7.56. The lowest BCUT2D eigenvalue weighted by Crippen LogP contribution is -2.48. The van der Waals surface area contributed by atoms with Crippen LogP contribution in [0.5, 0.6) is 0 Å². The van der Waals surface area contributed by atoms with E-state index in [1.165, 1.54) is 50.7 Å². The standard InChI is InChI=1S/C15H27NOS/c1-2-11-18-12-9-16-14-6-10-17-15(13-14)7-4-3-5-8-15/h2,14,16H,1,3-13H2. The first-order valence-electron chi connectivity index (χ1n) is 7.41. The Hall–Kier alpha value is 0.01000. The highest BCUT2D eigenvalue weighted by molar-refractivity contribution is 7.99. The van der Waals surface area contributed by atoms with Gasteiger partial charge in [0.2, 0.25) is 0 Å². The summed E-state index contributed by atoms with van der Waals surface area (Å²) in [5.74, 6) is 2.26. The smallest absolute Gasteiger partial charge is 0.0697 e. The van der Waals surface area contributed by atoms with Gasteiger partial charge in [-0.3, -0.25) is 0 Å². The monoisotopic (exact) mass is 269 g/mol. The van der Waals surface area contributed by atoms with Gasteiger partial charge in [0.25, 0.3) is 0 Å². The highest BCUT2D eigenvalue weighted by atomic mass is 32.2. The second-order valence-corrected chi connectivity index (χ2v) is 6.75. The van der Waals surface area contributed by atoms with Crippen LogP contribution in [-0.4, -0.2) is 36.3 Å². The predicted molar refractivity (Wildman–Crippen MR) is 80.3 cm³/mol. The van der Waals surface area contributed by atoms with Crippen molar-refractivity contribution in [1.82, 2.24) is 5.32 Å². The molecule has 104 valence electrons. The third-order valence-electron chi connectivity index (χ3n) is 4.17. The molecule has 1 heterocycles. The average molecular weight is 269 g/mol. The predicted octanol–water partition coefficient (Wildman–Crippen LogP) is 3.38. The van der Waals surface area contributed by atoms with Crippen LogP contribution in [0, 0.1) is 0 Å². The van der Waals surface area contributed by atoms with E-state index in [9.17, 15) is 0 Å². The zero-order chi connectivity index (χ0) is 12.7. The molecule has 1 unspecified atom stereocenters. The van der Waals surface area contributed by atoms with Crippen molar-refractivity contribution in [1.29, 1.82) is 0 Å². The molecule has 0 amide bonds. The second-order valence-electron chi connectivity index (χ2n) is 5.60. The first-order chi connectivity index (χ1) is 8.85. The molecule has 1 saturated carbocycles. The molecule has 2 rings (SSSR count). The SMILES string of the molecule is C=CCSCCNC1CCOC2(CCCCC2)C1. The number of nitrogens with one attached hydrogen (secondary N) is 1. The Bertz CT molecular complexity index is 245. The molecule has 1 spiro atoms. The summed E-state index contributed by atoms with van der Waals surface area (Å²) in [6, 6.07) is 0.682. The molecule has 1 atom stereocenters. The van der Waals surface area contributed by atoms with Gasteiger partial charge in [-0.25, -0.2) is 0 Å². The van der Waals surface area contributed by atoms with E-state index in [0.29, 0.717) is 6.04 Å². The van der Waals surface area contributed by atoms with Crippen molar-refractivity contribution in [3.8, 4) is 0 Å². The van der Waals surface area contributed by atoms with Crippen LogP contribution in [0.25, 0.3) is 0 Å². The van der Waals surface area contributed by atoms with Gasteiger partial charge in [0.05, 0.1) is 5.60 Å². The maximum atomic E-state index is 6.12. The van der Waals surface area contributed by atoms with E-state index in [-0.39, 0.29) is 5.60 Å². The number of hydrogen-bond acceptors (Lipinski definition) is 3. The Morgan fingerprint density at radius 2 is 2.17 bits per heavy atom. The van der Waals surface area contributed by atoms with E-state index in [1.807, 2.05) is 17.8 Å². The first kappa shape index (κ1) is 14.4. The van der Waals surface area contributed by atoms with Gasteiger partial charge in [0.15, 0.2) is 0 Å². The average Bonchev–Trinajstić information content (AvgIpc) is 2.40. The highest BCUT2D eigenvalue weighted by Crippen LogP contribution is 2.38. The summed E-state index contributed by atoms with van der Waals surface area (Å²) in [6.45, 7) is 5.83. The quantitative estimate of drug-likeness (QED) is 0.590. The molecular weight excluding hydrogens is 242 g/mol. The van der Waals surface area contributed by atoms with Crippen molar-refractivity contribution in [2.24, 2.45) is 0 Å². The summed E-state index contributed by atoms with van der Waals surface area (Å²) in [5, 5.41) is 3.72. The van der Waals surface area contributed by atoms with Gasteiger partial charge in [-0.05, 0) is 25.7 Å². The van der Waals surface area contributed by atoms with Crippen molar-refractivity contribution in [3.63, 3.8) is 0 Å². The van der Waals surface area contributed by atoms with Gasteiger partial charge in [-0.15, -0.1) is 6.58 Å². The van der Waals surface area contributed by atoms with Crippen LogP contribution in [-0.2, 0) is 4.74 Å². The summed E-state index contributed by atoms with van der Waals surface area (Å²) in [6.07, 6.45) is 11.1. The number of hydrogen-bond donors (Lipinski definition) is 1. The molecule has 2 fully saturated rings. The topological polar surface area (TPSA) is 21.3 Å². The van der Waals surface area contributed by atoms with Crippen LogP contribution in [0.1, 0.15) is 44.9 Å². The molecule has 1 N–H and O–H groups in total. The fraction of sp³-hybridized carbons (Fsp3) is 0.867. The van der Waals surface area contributed by atoms with E-state index in [1.54, 1.807) is 0 Å². The fourth-order valence-electron chi connectivity index (χ4n) is 3.25. The first-order valence-corrected chi connectivity index (χ1v) is 8.56. The number of thioether (sulfide) groups is 1. The van der Waals surface area contributed by atoms with Crippen molar-refractivity contribution in [2.45, 2.75) is 56.6 Å². The Morgan fingerprint density at radius 3 is 2.94 bits per heavy atom. The molecule has 0 aromatic carbocycles. The Morgan fingerprint density at radius 1 is 1.33 bits per heavy atom. The Balaban J connectivity index is 1.68. The van der Waals surface area contributed by atoms with Crippen LogP contribution >= 0.6 is 11.8 Å². The van der Waals surface area contributed by atoms with Crippen LogP contribution in [0.4, 0.5) is 0 Å². The minimum absolute atomic E-state index is 0.239. The van der Waals surface area contributed by atoms with Crippen LogP contribution in [0.15, 0.2) is 12.7 Å². The minimum Gasteiger partial charge on any atom is -0.375 e. The number of ether oxygens (including phenoxy) is 1. The van der Waals surface area contributed by atoms with E-state index in [2.05, 4.69) is 11.9 Å². The molecule has 0 radical (unpaired) electrons. The largest absolute Gasteiger partial charge is 0.375 e. The highest BCUT2D eigenvalue weighted by Gasteiger charge is 2.38. The van der Waals surface area contributed by atoms with E-state index >= 15 is 0 Å². The van der Waals surface area contributed by atoms with Gasteiger partial charge < -0.3 is 10.1 Å². The lowest BCUT2D eigenvalue weighted by molar-refractivity contribution is -0.108. The van der Waals surface area contributed by atoms with Crippen molar-refractivity contribution >= 4 is 11.8 Å². The maximum absolute atomic E-state index is 6.12. The molecule has 3 heteroatoms. The van der Waals surface area contributed by atoms with Crippen molar-refractivity contribution in [2.75, 3.05) is 24.7 Å². The summed E-state index contributed by atoms with van der Waals surface area (Å²) in [4.78, 5) is 0. The number of rotatable bonds is 6. The molecule has 0 aromatic heterocycles. The molecular formula is C15H27NOS. The van der Waals surface area contributed by atoms with Crippen LogP contribution in [0.3, 0.4) is 0 Å². The molecule has 2 nitrogen and oxygen atoms in total. The molecule has 2 aliphatic rings. The Kier molecular flexibility index (Phi) is 6.06. The maximum Gasteiger partial charge on any atom is 0.0697 e. The van der Waals surface area contributed by atoms with E-state index in [0.717, 1.165) is 18.9 Å². The third kappa shape index (κ3) is 4.29. The molecule has 0 aromatic rings. The normalized spacial score (nSPS) is 27.2. The molecule has 18 heavy (non-hydrogen) atoms. The summed E-state index contributed by atoms with van der Waals surface area (Å²) in [5.41, 5.74) is 0.239. The van der Waals surface area contributed by atoms with Gasteiger partial charge in [-0.1, -0.05) is 25.3 Å². The van der Waals surface area contributed by atoms with Gasteiger partial charge in [0.1, 0.15) is 0 Å². The van der Waals surface area contributed by atoms with Crippen LogP contribution < -0.4 is 5.32 Å². The molecule has 0 bridgehead atoms. The van der Waals surface area contributed by atoms with E-state index in [4.69, 9.17) is 4.74 Å². The zero-order valence-electron chi connectivity index (χ0n) is 11.5. The molecule has 1 aliphatic heterocycles. The van der Waals surface area contributed by atoms with Crippen molar-refractivity contribution in [3.05, 3.63) is 12.7 Å². The summed E-state index contributed by atoms with van der Waals surface area (Å²) in [7, 11) is 0. The minimum atomic E-state index is 0.239. The Labute approximate surface area is 116 Å². The molecule has 1 aliphatic carbocycles. The summed E-state index contributed by atoms with van der Waals surface area (Å²) < 4.78 is 6.12. The van der Waals surface area contributed by atoms with Gasteiger partial charge in [0, 0.05) is 30.7 Å². The lowest BCUT2D eigenvalue weighted by Gasteiger charge is -2.43. The third-order valence-corrected chi connectivity index (χ3v) is 5.14. The molecule has 1 saturated heterocycles. The lowest BCUT2D eigenvalue weighted by atomic mass is 9.78.